The molecule has 1 aliphatic rings. The zero-order valence-corrected chi connectivity index (χ0v) is 16.4. The van der Waals surface area contributed by atoms with Crippen LogP contribution < -0.4 is 5.32 Å². The minimum Gasteiger partial charge on any atom is -0.417 e. The minimum absolute atomic E-state index is 0.0524. The van der Waals surface area contributed by atoms with Crippen LogP contribution in [0.25, 0.3) is 0 Å². The van der Waals surface area contributed by atoms with E-state index in [9.17, 15) is 4.79 Å². The van der Waals surface area contributed by atoms with Crippen LogP contribution in [0.1, 0.15) is 27.2 Å². The van der Waals surface area contributed by atoms with Crippen LogP contribution in [0.2, 0.25) is 32.7 Å². The van der Waals surface area contributed by atoms with E-state index in [0.29, 0.717) is 0 Å². The van der Waals surface area contributed by atoms with E-state index in [0.717, 1.165) is 6.42 Å². The fourth-order valence-corrected chi connectivity index (χ4v) is 4.45. The van der Waals surface area contributed by atoms with Gasteiger partial charge in [-0.3, -0.25) is 4.79 Å². The molecular weight excluding hydrogens is 286 g/mol. The van der Waals surface area contributed by atoms with E-state index >= 15 is 0 Å². The van der Waals surface area contributed by atoms with E-state index in [1.807, 2.05) is 0 Å². The summed E-state index contributed by atoms with van der Waals surface area (Å²) in [5.41, 5.74) is 0.0524. The zero-order chi connectivity index (χ0) is 15.7. The second-order valence-corrected chi connectivity index (χ2v) is 14.9. The number of nitrogens with one attached hydrogen (secondary N) is 1. The molecule has 1 N–H and O–H groups in total. The van der Waals surface area contributed by atoms with Gasteiger partial charge in [0.15, 0.2) is 17.4 Å². The smallest absolute Gasteiger partial charge is 0.229 e. The second-order valence-electron chi connectivity index (χ2n) is 8.04. The van der Waals surface area contributed by atoms with E-state index in [1.54, 1.807) is 0 Å². The molecule has 0 bridgehead atoms. The van der Waals surface area contributed by atoms with Crippen LogP contribution in [0.15, 0.2) is 0 Å². The van der Waals surface area contributed by atoms with Crippen molar-refractivity contribution in [1.82, 2.24) is 5.32 Å². The number of carbonyl (C=O) groups is 1. The van der Waals surface area contributed by atoms with Crippen molar-refractivity contribution in [3.05, 3.63) is 0 Å². The Morgan fingerprint density at radius 1 is 1.30 bits per heavy atom. The fourth-order valence-electron chi connectivity index (χ4n) is 2.28. The van der Waals surface area contributed by atoms with Crippen LogP contribution in [-0.4, -0.2) is 35.6 Å². The van der Waals surface area contributed by atoms with Crippen LogP contribution >= 0.6 is 0 Å². The Balaban J connectivity index is 2.69. The van der Waals surface area contributed by atoms with Gasteiger partial charge in [0.05, 0.1) is 12.0 Å². The highest BCUT2D eigenvalue weighted by Crippen LogP contribution is 2.33. The third-order valence-electron chi connectivity index (χ3n) is 3.34. The molecule has 118 valence electrons. The number of carbonyl (C=O) groups excluding carboxylic acids is 1. The summed E-state index contributed by atoms with van der Waals surface area (Å²) in [7, 11) is -2.76. The van der Waals surface area contributed by atoms with Gasteiger partial charge in [0.25, 0.3) is 0 Å². The molecule has 1 fully saturated rings. The average molecular weight is 318 g/mol. The van der Waals surface area contributed by atoms with Gasteiger partial charge in [0.1, 0.15) is 6.23 Å². The average Bonchev–Trinajstić information content (AvgIpc) is 2.19. The summed E-state index contributed by atoms with van der Waals surface area (Å²) >= 11 is 0. The van der Waals surface area contributed by atoms with Gasteiger partial charge in [0, 0.05) is 0 Å². The summed E-state index contributed by atoms with van der Waals surface area (Å²) in [6.07, 6.45) is 0.768. The van der Waals surface area contributed by atoms with Gasteiger partial charge in [-0.2, -0.15) is 0 Å². The molecule has 0 aromatic rings. The molecular formula is C14H31NO3Si2. The maximum absolute atomic E-state index is 11.9. The van der Waals surface area contributed by atoms with E-state index in [1.165, 1.54) is 0 Å². The van der Waals surface area contributed by atoms with Crippen LogP contribution in [0.4, 0.5) is 0 Å². The lowest BCUT2D eigenvalue weighted by Gasteiger charge is -2.43. The molecule has 1 unspecified atom stereocenters. The largest absolute Gasteiger partial charge is 0.417 e. The zero-order valence-electron chi connectivity index (χ0n) is 14.2. The Labute approximate surface area is 126 Å². The van der Waals surface area contributed by atoms with Gasteiger partial charge >= 0.3 is 0 Å². The first-order valence-corrected chi connectivity index (χ1v) is 13.7. The van der Waals surface area contributed by atoms with Crippen molar-refractivity contribution in [1.29, 1.82) is 0 Å². The molecule has 20 heavy (non-hydrogen) atoms. The lowest BCUT2D eigenvalue weighted by atomic mass is 9.81. The van der Waals surface area contributed by atoms with E-state index < -0.39 is 17.4 Å². The molecule has 6 heteroatoms. The summed E-state index contributed by atoms with van der Waals surface area (Å²) in [4.78, 5) is 11.9. The molecule has 1 amide bonds. The molecule has 1 rings (SSSR count). The minimum atomic E-state index is -1.64. The van der Waals surface area contributed by atoms with Gasteiger partial charge in [-0.25, -0.2) is 0 Å². The van der Waals surface area contributed by atoms with Crippen molar-refractivity contribution in [2.24, 2.45) is 11.3 Å². The maximum Gasteiger partial charge on any atom is 0.229 e. The Morgan fingerprint density at radius 3 is 2.20 bits per heavy atom. The normalized spacial score (nSPS) is 25.4. The predicted molar refractivity (Wildman–Crippen MR) is 87.7 cm³/mol. The highest BCUT2D eigenvalue weighted by molar-refractivity contribution is 6.69. The molecule has 0 aromatic carbocycles. The summed E-state index contributed by atoms with van der Waals surface area (Å²) in [6, 6.07) is 0. The van der Waals surface area contributed by atoms with Crippen molar-refractivity contribution in [3.8, 4) is 0 Å². The molecule has 3 atom stereocenters. The first kappa shape index (κ1) is 17.9. The van der Waals surface area contributed by atoms with Gasteiger partial charge in [0.2, 0.25) is 5.91 Å². The highest BCUT2D eigenvalue weighted by atomic mass is 28.4. The lowest BCUT2D eigenvalue weighted by molar-refractivity contribution is -0.148. The second kappa shape index (κ2) is 6.29. The summed E-state index contributed by atoms with van der Waals surface area (Å²) in [6.45, 7) is 17.3. The summed E-state index contributed by atoms with van der Waals surface area (Å²) in [5, 5.41) is 2.89. The van der Waals surface area contributed by atoms with Gasteiger partial charge in [-0.05, 0) is 44.6 Å². The number of β-lactam (4-membered cyclic amide) rings is 1. The first-order valence-electron chi connectivity index (χ1n) is 7.54. The summed E-state index contributed by atoms with van der Waals surface area (Å²) in [5.74, 6) is 0.0511. The first-order chi connectivity index (χ1) is 8.90. The quantitative estimate of drug-likeness (QED) is 0.605. The Kier molecular flexibility index (Phi) is 5.63. The van der Waals surface area contributed by atoms with E-state index in [2.05, 4.69) is 58.8 Å². The molecule has 0 saturated carbocycles. The van der Waals surface area contributed by atoms with Crippen molar-refractivity contribution in [2.75, 3.05) is 0 Å². The van der Waals surface area contributed by atoms with E-state index in [4.69, 9.17) is 8.85 Å². The molecule has 0 radical (unpaired) electrons. The van der Waals surface area contributed by atoms with Crippen LogP contribution in [-0.2, 0) is 13.6 Å². The molecule has 0 aliphatic carbocycles. The summed E-state index contributed by atoms with van der Waals surface area (Å²) < 4.78 is 12.2. The van der Waals surface area contributed by atoms with E-state index in [-0.39, 0.29) is 29.6 Å². The third kappa shape index (κ3) is 5.31. The number of hydrogen-bond donors (Lipinski definition) is 1. The Morgan fingerprint density at radius 2 is 1.85 bits per heavy atom. The molecule has 1 heterocycles. The molecule has 1 saturated heterocycles. The lowest BCUT2D eigenvalue weighted by Crippen LogP contribution is -2.63. The third-order valence-corrected chi connectivity index (χ3v) is 5.17. The van der Waals surface area contributed by atoms with Crippen molar-refractivity contribution >= 4 is 23.3 Å². The Hall–Kier alpha value is -0.176. The van der Waals surface area contributed by atoms with Crippen molar-refractivity contribution in [2.45, 2.75) is 72.3 Å². The topological polar surface area (TPSA) is 47.6 Å². The SMILES string of the molecule is C[SiH](C)O[C@H](C[C@H]1C(=O)NC1O[Si](C)(C)C)C(C)(C)C. The van der Waals surface area contributed by atoms with Gasteiger partial charge < -0.3 is 14.2 Å². The number of hydrogen-bond acceptors (Lipinski definition) is 3. The predicted octanol–water partition coefficient (Wildman–Crippen LogP) is 2.71. The Bertz CT molecular complexity index is 347. The molecule has 1 aliphatic heterocycles. The molecule has 0 spiro atoms. The number of rotatable bonds is 6. The van der Waals surface area contributed by atoms with Crippen LogP contribution in [0, 0.1) is 11.3 Å². The standard InChI is InChI=1S/C14H31NO3Si2/c1-14(2,3)11(17-19(4)5)9-10-12(16)15-13(10)18-20(6,7)8/h10-11,13,19H,9H2,1-8H3,(H,15,16)/t10-,11+,13?/m0/s1. The van der Waals surface area contributed by atoms with Gasteiger partial charge in [-0.15, -0.1) is 0 Å². The molecule has 4 nitrogen and oxygen atoms in total. The van der Waals surface area contributed by atoms with Crippen LogP contribution in [0.5, 0.6) is 0 Å². The van der Waals surface area contributed by atoms with Crippen molar-refractivity contribution in [3.63, 3.8) is 0 Å². The fraction of sp³-hybridized carbons (Fsp3) is 0.929. The van der Waals surface area contributed by atoms with Crippen molar-refractivity contribution < 1.29 is 13.6 Å². The number of amides is 1. The highest BCUT2D eigenvalue weighted by Gasteiger charge is 2.45. The van der Waals surface area contributed by atoms with Crippen LogP contribution in [0.3, 0.4) is 0 Å². The molecule has 0 aromatic heterocycles. The maximum atomic E-state index is 11.9. The van der Waals surface area contributed by atoms with Gasteiger partial charge in [-0.1, -0.05) is 20.8 Å². The monoisotopic (exact) mass is 317 g/mol.